The monoisotopic (exact) mass is 484 g/mol. The van der Waals surface area contributed by atoms with Gasteiger partial charge in [-0.2, -0.15) is 0 Å². The van der Waals surface area contributed by atoms with Crippen molar-refractivity contribution in [3.63, 3.8) is 0 Å². The third-order valence-electron chi connectivity index (χ3n) is 4.61. The summed E-state index contributed by atoms with van der Waals surface area (Å²) in [6.07, 6.45) is 1.30. The van der Waals surface area contributed by atoms with Crippen LogP contribution >= 0.6 is 11.8 Å². The van der Waals surface area contributed by atoms with Gasteiger partial charge in [0.25, 0.3) is 11.6 Å². The molecule has 2 aromatic carbocycles. The SMILES string of the molecule is CCOC(=O)C1=C(O)/C(=C/c2cc(OC)c(OC)cc2[N+](=O)[O-])SC1=NC(=O)c1ccccc1. The summed E-state index contributed by atoms with van der Waals surface area (Å²) in [4.78, 5) is 40.2. The Hall–Kier alpha value is -4.12. The molecule has 0 bridgehead atoms. The van der Waals surface area contributed by atoms with Crippen LogP contribution in [0, 0.1) is 10.1 Å². The third-order valence-corrected chi connectivity index (χ3v) is 5.63. The molecule has 0 fully saturated rings. The van der Waals surface area contributed by atoms with Gasteiger partial charge in [-0.25, -0.2) is 9.79 Å². The first kappa shape index (κ1) is 24.5. The topological polar surface area (TPSA) is 138 Å². The minimum Gasteiger partial charge on any atom is -0.506 e. The van der Waals surface area contributed by atoms with Crippen LogP contribution in [-0.2, 0) is 9.53 Å². The zero-order valence-corrected chi connectivity index (χ0v) is 19.3. The molecule has 176 valence electrons. The third kappa shape index (κ3) is 5.09. The van der Waals surface area contributed by atoms with Crippen LogP contribution in [-0.4, -0.2) is 47.8 Å². The van der Waals surface area contributed by atoms with Crippen molar-refractivity contribution in [2.75, 3.05) is 20.8 Å². The number of aliphatic hydroxyl groups is 1. The number of thioether (sulfide) groups is 1. The average Bonchev–Trinajstić information content (AvgIpc) is 3.13. The van der Waals surface area contributed by atoms with Gasteiger partial charge in [0.2, 0.25) is 0 Å². The molecule has 0 unspecified atom stereocenters. The van der Waals surface area contributed by atoms with Gasteiger partial charge in [-0.05, 0) is 31.2 Å². The Morgan fingerprint density at radius 3 is 2.38 bits per heavy atom. The van der Waals surface area contributed by atoms with Gasteiger partial charge in [-0.1, -0.05) is 30.0 Å². The summed E-state index contributed by atoms with van der Waals surface area (Å²) in [5.41, 5.74) is -0.255. The van der Waals surface area contributed by atoms with Crippen molar-refractivity contribution in [1.82, 2.24) is 0 Å². The highest BCUT2D eigenvalue weighted by atomic mass is 32.2. The number of aliphatic imine (C=N–C) groups is 1. The number of carbonyl (C=O) groups is 2. The summed E-state index contributed by atoms with van der Waals surface area (Å²) in [5.74, 6) is -1.64. The molecule has 3 rings (SSSR count). The van der Waals surface area contributed by atoms with E-state index in [1.165, 1.54) is 32.4 Å². The summed E-state index contributed by atoms with van der Waals surface area (Å²) in [6, 6.07) is 10.7. The molecule has 0 aliphatic carbocycles. The predicted molar refractivity (Wildman–Crippen MR) is 126 cm³/mol. The summed E-state index contributed by atoms with van der Waals surface area (Å²) in [6.45, 7) is 1.62. The van der Waals surface area contributed by atoms with Crippen LogP contribution in [0.25, 0.3) is 6.08 Å². The number of carbonyl (C=O) groups excluding carboxylic acids is 2. The van der Waals surface area contributed by atoms with Crippen LogP contribution in [0.15, 0.2) is 63.7 Å². The lowest BCUT2D eigenvalue weighted by molar-refractivity contribution is -0.385. The molecule has 1 N–H and O–H groups in total. The fourth-order valence-corrected chi connectivity index (χ4v) is 4.03. The smallest absolute Gasteiger partial charge is 0.344 e. The Balaban J connectivity index is 2.13. The maximum absolute atomic E-state index is 12.6. The number of aliphatic hydroxyl groups excluding tert-OH is 1. The van der Waals surface area contributed by atoms with Crippen LogP contribution in [0.5, 0.6) is 11.5 Å². The Kier molecular flexibility index (Phi) is 7.69. The fourth-order valence-electron chi connectivity index (χ4n) is 3.03. The first-order valence-corrected chi connectivity index (χ1v) is 10.7. The number of rotatable bonds is 7. The Morgan fingerprint density at radius 2 is 1.79 bits per heavy atom. The van der Waals surface area contributed by atoms with Crippen LogP contribution in [0.2, 0.25) is 0 Å². The molecule has 0 atom stereocenters. The van der Waals surface area contributed by atoms with E-state index in [0.717, 1.165) is 11.8 Å². The molecule has 1 amide bonds. The minimum atomic E-state index is -0.877. The van der Waals surface area contributed by atoms with Crippen molar-refractivity contribution in [3.8, 4) is 11.5 Å². The van der Waals surface area contributed by atoms with E-state index in [-0.39, 0.29) is 50.4 Å². The van der Waals surface area contributed by atoms with Crippen molar-refractivity contribution in [2.45, 2.75) is 6.92 Å². The summed E-state index contributed by atoms with van der Waals surface area (Å²) < 4.78 is 15.3. The van der Waals surface area contributed by atoms with Crippen molar-refractivity contribution in [1.29, 1.82) is 0 Å². The van der Waals surface area contributed by atoms with Crippen LogP contribution < -0.4 is 9.47 Å². The molecule has 10 nitrogen and oxygen atoms in total. The first-order chi connectivity index (χ1) is 16.3. The molecule has 0 radical (unpaired) electrons. The highest BCUT2D eigenvalue weighted by molar-refractivity contribution is 8.18. The quantitative estimate of drug-likeness (QED) is 0.346. The minimum absolute atomic E-state index is 0.0282. The Bertz CT molecular complexity index is 1240. The standard InChI is InChI=1S/C23H20N2O8S/c1-4-33-23(28)19-20(26)18(34-22(19)24-21(27)13-8-6-5-7-9-13)11-14-10-16(31-2)17(32-3)12-15(14)25(29)30/h5-12,26H,4H2,1-3H3/b18-11-,24-22?. The molecule has 0 saturated heterocycles. The lowest BCUT2D eigenvalue weighted by Crippen LogP contribution is -2.14. The maximum atomic E-state index is 12.6. The van der Waals surface area contributed by atoms with Gasteiger partial charge in [0.1, 0.15) is 16.4 Å². The molecule has 11 heteroatoms. The summed E-state index contributed by atoms with van der Waals surface area (Å²) in [7, 11) is 2.72. The van der Waals surface area contributed by atoms with Gasteiger partial charge in [0, 0.05) is 5.56 Å². The zero-order valence-electron chi connectivity index (χ0n) is 18.4. The van der Waals surface area contributed by atoms with Gasteiger partial charge in [-0.15, -0.1) is 0 Å². The van der Waals surface area contributed by atoms with E-state index in [2.05, 4.69) is 4.99 Å². The van der Waals surface area contributed by atoms with E-state index in [4.69, 9.17) is 14.2 Å². The van der Waals surface area contributed by atoms with Gasteiger partial charge in [0.05, 0.1) is 42.3 Å². The highest BCUT2D eigenvalue weighted by Gasteiger charge is 2.34. The van der Waals surface area contributed by atoms with Crippen molar-refractivity contribution in [3.05, 3.63) is 79.9 Å². The van der Waals surface area contributed by atoms with E-state index < -0.39 is 22.6 Å². The second-order valence-corrected chi connectivity index (χ2v) is 7.70. The lowest BCUT2D eigenvalue weighted by Gasteiger charge is -2.09. The summed E-state index contributed by atoms with van der Waals surface area (Å²) in [5, 5.41) is 22.3. The van der Waals surface area contributed by atoms with E-state index >= 15 is 0 Å². The van der Waals surface area contributed by atoms with Gasteiger partial charge < -0.3 is 19.3 Å². The number of esters is 1. The number of methoxy groups -OCH3 is 2. The first-order valence-electron chi connectivity index (χ1n) is 9.89. The zero-order chi connectivity index (χ0) is 24.8. The van der Waals surface area contributed by atoms with E-state index in [1.807, 2.05) is 0 Å². The second-order valence-electron chi connectivity index (χ2n) is 6.67. The van der Waals surface area contributed by atoms with Crippen molar-refractivity contribution in [2.24, 2.45) is 4.99 Å². The number of nitrogens with zero attached hydrogens (tertiary/aromatic N) is 2. The number of benzene rings is 2. The van der Waals surface area contributed by atoms with Crippen molar-refractivity contribution < 1.29 is 33.8 Å². The van der Waals surface area contributed by atoms with Gasteiger partial charge in [-0.3, -0.25) is 14.9 Å². The van der Waals surface area contributed by atoms with Crippen LogP contribution in [0.4, 0.5) is 5.69 Å². The maximum Gasteiger partial charge on any atom is 0.344 e. The number of hydrogen-bond donors (Lipinski definition) is 1. The van der Waals surface area contributed by atoms with E-state index in [9.17, 15) is 24.8 Å². The fraction of sp³-hybridized carbons (Fsp3) is 0.174. The molecule has 0 spiro atoms. The number of nitro benzene ring substituents is 1. The molecule has 0 saturated carbocycles. The molecule has 1 heterocycles. The molecular weight excluding hydrogens is 464 g/mol. The summed E-state index contributed by atoms with van der Waals surface area (Å²) >= 11 is 0.813. The number of ether oxygens (including phenoxy) is 3. The molecule has 34 heavy (non-hydrogen) atoms. The van der Waals surface area contributed by atoms with Crippen molar-refractivity contribution >= 4 is 40.4 Å². The van der Waals surface area contributed by atoms with Crippen LogP contribution in [0.3, 0.4) is 0 Å². The number of amides is 1. The normalized spacial score (nSPS) is 15.5. The van der Waals surface area contributed by atoms with E-state index in [1.54, 1.807) is 37.3 Å². The number of nitro groups is 1. The molecule has 0 aromatic heterocycles. The van der Waals surface area contributed by atoms with Crippen LogP contribution in [0.1, 0.15) is 22.8 Å². The second kappa shape index (κ2) is 10.7. The Morgan fingerprint density at radius 1 is 1.15 bits per heavy atom. The lowest BCUT2D eigenvalue weighted by atomic mass is 10.1. The Labute approximate surface area is 198 Å². The average molecular weight is 484 g/mol. The highest BCUT2D eigenvalue weighted by Crippen LogP contribution is 2.42. The van der Waals surface area contributed by atoms with E-state index in [0.29, 0.717) is 0 Å². The molecule has 2 aromatic rings. The predicted octanol–water partition coefficient (Wildman–Crippen LogP) is 4.31. The van der Waals surface area contributed by atoms with Gasteiger partial charge in [0.15, 0.2) is 11.5 Å². The van der Waals surface area contributed by atoms with Gasteiger partial charge >= 0.3 is 5.97 Å². The number of hydrogen-bond acceptors (Lipinski definition) is 9. The largest absolute Gasteiger partial charge is 0.506 e. The molecular formula is C23H20N2O8S. The molecule has 1 aliphatic rings. The molecule has 1 aliphatic heterocycles.